The van der Waals surface area contributed by atoms with Gasteiger partial charge in [0.15, 0.2) is 0 Å². The first-order valence-electron chi connectivity index (χ1n) is 6.33. The van der Waals surface area contributed by atoms with Crippen LogP contribution in [0.1, 0.15) is 22.8 Å². The molecule has 3 N–H and O–H groups in total. The number of aliphatic hydroxyl groups is 1. The Labute approximate surface area is 118 Å². The van der Waals surface area contributed by atoms with E-state index >= 15 is 0 Å². The monoisotopic (exact) mass is 273 g/mol. The van der Waals surface area contributed by atoms with E-state index < -0.39 is 6.10 Å². The van der Waals surface area contributed by atoms with E-state index in [2.05, 4.69) is 0 Å². The van der Waals surface area contributed by atoms with Crippen LogP contribution >= 0.6 is 0 Å². The SMILES string of the molecule is COc1ccc(C(O)c2ccc(C)c(N)c2)c(OC)c1. The smallest absolute Gasteiger partial charge is 0.128 e. The van der Waals surface area contributed by atoms with Gasteiger partial charge in [0.1, 0.15) is 17.6 Å². The molecule has 0 aliphatic carbocycles. The summed E-state index contributed by atoms with van der Waals surface area (Å²) in [4.78, 5) is 0. The van der Waals surface area contributed by atoms with Crippen LogP contribution < -0.4 is 15.2 Å². The minimum atomic E-state index is -0.793. The van der Waals surface area contributed by atoms with Crippen LogP contribution in [0.25, 0.3) is 0 Å². The summed E-state index contributed by atoms with van der Waals surface area (Å²) >= 11 is 0. The van der Waals surface area contributed by atoms with E-state index in [1.54, 1.807) is 38.5 Å². The van der Waals surface area contributed by atoms with E-state index in [1.165, 1.54) is 0 Å². The molecular formula is C16H19NO3. The maximum atomic E-state index is 10.5. The first kappa shape index (κ1) is 14.2. The van der Waals surface area contributed by atoms with Gasteiger partial charge in [-0.05, 0) is 36.2 Å². The molecule has 20 heavy (non-hydrogen) atoms. The van der Waals surface area contributed by atoms with Crippen molar-refractivity contribution in [3.63, 3.8) is 0 Å². The second-order valence-corrected chi connectivity index (χ2v) is 4.63. The highest BCUT2D eigenvalue weighted by molar-refractivity contribution is 5.52. The molecule has 0 saturated heterocycles. The zero-order valence-corrected chi connectivity index (χ0v) is 11.9. The Morgan fingerprint density at radius 3 is 2.40 bits per heavy atom. The van der Waals surface area contributed by atoms with Gasteiger partial charge in [-0.25, -0.2) is 0 Å². The Bertz CT molecular complexity index is 611. The molecule has 1 atom stereocenters. The van der Waals surface area contributed by atoms with Gasteiger partial charge in [-0.1, -0.05) is 12.1 Å². The molecule has 2 rings (SSSR count). The average molecular weight is 273 g/mol. The van der Waals surface area contributed by atoms with E-state index in [9.17, 15) is 5.11 Å². The molecule has 4 heteroatoms. The van der Waals surface area contributed by atoms with Crippen molar-refractivity contribution in [1.82, 2.24) is 0 Å². The fourth-order valence-electron chi connectivity index (χ4n) is 2.05. The normalized spacial score (nSPS) is 12.0. The number of rotatable bonds is 4. The Hall–Kier alpha value is -2.20. The van der Waals surface area contributed by atoms with Crippen LogP contribution in [0.2, 0.25) is 0 Å². The van der Waals surface area contributed by atoms with Gasteiger partial charge in [0.05, 0.1) is 14.2 Å². The fourth-order valence-corrected chi connectivity index (χ4v) is 2.05. The third kappa shape index (κ3) is 2.70. The van der Waals surface area contributed by atoms with E-state index in [1.807, 2.05) is 19.1 Å². The highest BCUT2D eigenvalue weighted by Gasteiger charge is 2.16. The van der Waals surface area contributed by atoms with Crippen LogP contribution in [0.4, 0.5) is 5.69 Å². The van der Waals surface area contributed by atoms with Gasteiger partial charge in [0, 0.05) is 17.3 Å². The van der Waals surface area contributed by atoms with Gasteiger partial charge < -0.3 is 20.3 Å². The molecule has 0 aliphatic rings. The third-order valence-corrected chi connectivity index (χ3v) is 3.35. The summed E-state index contributed by atoms with van der Waals surface area (Å²) in [5.74, 6) is 1.26. The van der Waals surface area contributed by atoms with Crippen molar-refractivity contribution >= 4 is 5.69 Å². The van der Waals surface area contributed by atoms with Crippen molar-refractivity contribution < 1.29 is 14.6 Å². The number of benzene rings is 2. The lowest BCUT2D eigenvalue weighted by Gasteiger charge is -2.17. The van der Waals surface area contributed by atoms with E-state index in [0.29, 0.717) is 22.7 Å². The number of methoxy groups -OCH3 is 2. The lowest BCUT2D eigenvalue weighted by atomic mass is 9.98. The van der Waals surface area contributed by atoms with Crippen LogP contribution in [0.5, 0.6) is 11.5 Å². The summed E-state index contributed by atoms with van der Waals surface area (Å²) in [5, 5.41) is 10.5. The molecule has 0 aromatic heterocycles. The second kappa shape index (κ2) is 5.84. The first-order valence-corrected chi connectivity index (χ1v) is 6.33. The second-order valence-electron chi connectivity index (χ2n) is 4.63. The van der Waals surface area contributed by atoms with Crippen molar-refractivity contribution in [2.24, 2.45) is 0 Å². The number of hydrogen-bond acceptors (Lipinski definition) is 4. The van der Waals surface area contributed by atoms with Gasteiger partial charge >= 0.3 is 0 Å². The lowest BCUT2D eigenvalue weighted by molar-refractivity contribution is 0.214. The van der Waals surface area contributed by atoms with Gasteiger partial charge in [-0.2, -0.15) is 0 Å². The molecule has 0 bridgehead atoms. The van der Waals surface area contributed by atoms with Crippen molar-refractivity contribution in [2.75, 3.05) is 20.0 Å². The van der Waals surface area contributed by atoms with Gasteiger partial charge in [-0.15, -0.1) is 0 Å². The van der Waals surface area contributed by atoms with Crippen molar-refractivity contribution in [3.05, 3.63) is 53.1 Å². The molecular weight excluding hydrogens is 254 g/mol. The highest BCUT2D eigenvalue weighted by Crippen LogP contribution is 2.33. The Kier molecular flexibility index (Phi) is 4.15. The summed E-state index contributed by atoms with van der Waals surface area (Å²) < 4.78 is 10.5. The molecule has 0 radical (unpaired) electrons. The van der Waals surface area contributed by atoms with Gasteiger partial charge in [0.2, 0.25) is 0 Å². The van der Waals surface area contributed by atoms with Crippen molar-refractivity contribution in [3.8, 4) is 11.5 Å². The summed E-state index contributed by atoms with van der Waals surface area (Å²) in [5.41, 5.74) is 8.95. The molecule has 0 spiro atoms. The standard InChI is InChI=1S/C16H19NO3/c1-10-4-5-11(8-14(10)17)16(18)13-7-6-12(19-2)9-15(13)20-3/h4-9,16,18H,17H2,1-3H3. The molecule has 0 heterocycles. The number of anilines is 1. The minimum Gasteiger partial charge on any atom is -0.497 e. The molecule has 2 aromatic rings. The highest BCUT2D eigenvalue weighted by atomic mass is 16.5. The Balaban J connectivity index is 2.41. The van der Waals surface area contributed by atoms with Gasteiger partial charge in [0.25, 0.3) is 0 Å². The molecule has 1 unspecified atom stereocenters. The van der Waals surface area contributed by atoms with E-state index in [-0.39, 0.29) is 0 Å². The lowest BCUT2D eigenvalue weighted by Crippen LogP contribution is -2.04. The summed E-state index contributed by atoms with van der Waals surface area (Å²) in [7, 11) is 3.15. The molecule has 106 valence electrons. The number of nitrogen functional groups attached to an aromatic ring is 1. The minimum absolute atomic E-state index is 0.580. The first-order chi connectivity index (χ1) is 9.56. The van der Waals surface area contributed by atoms with Crippen LogP contribution in [0.3, 0.4) is 0 Å². The maximum Gasteiger partial charge on any atom is 0.128 e. The van der Waals surface area contributed by atoms with Crippen LogP contribution in [0.15, 0.2) is 36.4 Å². The predicted molar refractivity (Wildman–Crippen MR) is 79.2 cm³/mol. The quantitative estimate of drug-likeness (QED) is 0.841. The molecule has 2 aromatic carbocycles. The predicted octanol–water partition coefficient (Wildman–Crippen LogP) is 2.68. The molecule has 0 fully saturated rings. The average Bonchev–Trinajstić information content (AvgIpc) is 2.48. The molecule has 4 nitrogen and oxygen atoms in total. The zero-order valence-electron chi connectivity index (χ0n) is 11.9. The molecule has 0 amide bonds. The summed E-state index contributed by atoms with van der Waals surface area (Å²) in [6.45, 7) is 1.93. The van der Waals surface area contributed by atoms with E-state index in [0.717, 1.165) is 11.1 Å². The third-order valence-electron chi connectivity index (χ3n) is 3.35. The van der Waals surface area contributed by atoms with E-state index in [4.69, 9.17) is 15.2 Å². The van der Waals surface area contributed by atoms with Crippen LogP contribution in [-0.4, -0.2) is 19.3 Å². The Morgan fingerprint density at radius 2 is 1.80 bits per heavy atom. The number of hydrogen-bond donors (Lipinski definition) is 2. The largest absolute Gasteiger partial charge is 0.497 e. The summed E-state index contributed by atoms with van der Waals surface area (Å²) in [6.07, 6.45) is -0.793. The van der Waals surface area contributed by atoms with Crippen LogP contribution in [-0.2, 0) is 0 Å². The fraction of sp³-hybridized carbons (Fsp3) is 0.250. The topological polar surface area (TPSA) is 64.7 Å². The van der Waals surface area contributed by atoms with Crippen molar-refractivity contribution in [1.29, 1.82) is 0 Å². The molecule has 0 saturated carbocycles. The van der Waals surface area contributed by atoms with Crippen molar-refractivity contribution in [2.45, 2.75) is 13.0 Å². The Morgan fingerprint density at radius 1 is 1.05 bits per heavy atom. The maximum absolute atomic E-state index is 10.5. The number of ether oxygens (including phenoxy) is 2. The summed E-state index contributed by atoms with van der Waals surface area (Å²) in [6, 6.07) is 10.9. The zero-order chi connectivity index (χ0) is 14.7. The number of aryl methyl sites for hydroxylation is 1. The molecule has 0 aliphatic heterocycles. The number of nitrogens with two attached hydrogens (primary N) is 1. The number of aliphatic hydroxyl groups excluding tert-OH is 1. The van der Waals surface area contributed by atoms with Crippen LogP contribution in [0, 0.1) is 6.92 Å². The van der Waals surface area contributed by atoms with Gasteiger partial charge in [-0.3, -0.25) is 0 Å².